The number of rotatable bonds is 6. The maximum Gasteiger partial charge on any atom is 0.240 e. The standard InChI is InChI=1S/C17H26N6O/c1-14(2)5-6-15-20-16(24-21-15)13-22-9-4-10-23(12-11-22)17-18-7-3-8-19-17/h3,7-8,14H,4-6,9-13H2,1-2H3. The smallest absolute Gasteiger partial charge is 0.240 e. The zero-order valence-corrected chi connectivity index (χ0v) is 14.6. The summed E-state index contributed by atoms with van der Waals surface area (Å²) in [7, 11) is 0. The Hall–Kier alpha value is -2.02. The summed E-state index contributed by atoms with van der Waals surface area (Å²) in [6.07, 6.45) is 6.64. The molecule has 130 valence electrons. The van der Waals surface area contributed by atoms with E-state index >= 15 is 0 Å². The number of hydrogen-bond donors (Lipinski definition) is 0. The molecule has 0 aromatic carbocycles. The van der Waals surface area contributed by atoms with E-state index in [0.29, 0.717) is 5.92 Å². The fourth-order valence-electron chi connectivity index (χ4n) is 2.85. The van der Waals surface area contributed by atoms with E-state index < -0.39 is 0 Å². The van der Waals surface area contributed by atoms with Crippen LogP contribution in [0.1, 0.15) is 38.4 Å². The summed E-state index contributed by atoms with van der Waals surface area (Å²) in [5, 5.41) is 4.10. The van der Waals surface area contributed by atoms with Crippen molar-refractivity contribution in [1.29, 1.82) is 0 Å². The van der Waals surface area contributed by atoms with E-state index in [-0.39, 0.29) is 0 Å². The van der Waals surface area contributed by atoms with Crippen LogP contribution in [0.15, 0.2) is 23.0 Å². The van der Waals surface area contributed by atoms with E-state index in [1.54, 1.807) is 12.4 Å². The van der Waals surface area contributed by atoms with Crippen LogP contribution in [0, 0.1) is 5.92 Å². The molecule has 7 heteroatoms. The maximum absolute atomic E-state index is 5.41. The van der Waals surface area contributed by atoms with E-state index in [1.807, 2.05) is 6.07 Å². The van der Waals surface area contributed by atoms with Crippen LogP contribution in [0.3, 0.4) is 0 Å². The predicted octanol–water partition coefficient (Wildman–Crippen LogP) is 2.16. The number of aryl methyl sites for hydroxylation is 1. The molecule has 0 N–H and O–H groups in total. The Kier molecular flexibility index (Phi) is 5.74. The molecule has 24 heavy (non-hydrogen) atoms. The van der Waals surface area contributed by atoms with Crippen molar-refractivity contribution in [3.05, 3.63) is 30.2 Å². The molecule has 0 bridgehead atoms. The lowest BCUT2D eigenvalue weighted by atomic mass is 10.1. The summed E-state index contributed by atoms with van der Waals surface area (Å²) in [6, 6.07) is 1.85. The van der Waals surface area contributed by atoms with Gasteiger partial charge in [0.1, 0.15) is 0 Å². The second-order valence-electron chi connectivity index (χ2n) is 6.70. The number of anilines is 1. The average Bonchev–Trinajstić information content (AvgIpc) is 2.90. The van der Waals surface area contributed by atoms with Gasteiger partial charge >= 0.3 is 0 Å². The van der Waals surface area contributed by atoms with Crippen molar-refractivity contribution in [2.45, 2.75) is 39.7 Å². The van der Waals surface area contributed by atoms with Gasteiger partial charge < -0.3 is 9.42 Å². The first kappa shape index (κ1) is 16.8. The largest absolute Gasteiger partial charge is 0.339 e. The van der Waals surface area contributed by atoms with Crippen LogP contribution >= 0.6 is 0 Å². The van der Waals surface area contributed by atoms with Gasteiger partial charge in [-0.1, -0.05) is 19.0 Å². The number of hydrogen-bond acceptors (Lipinski definition) is 7. The van der Waals surface area contributed by atoms with Crippen molar-refractivity contribution in [2.24, 2.45) is 5.92 Å². The second kappa shape index (κ2) is 8.19. The maximum atomic E-state index is 5.41. The third kappa shape index (κ3) is 4.74. The van der Waals surface area contributed by atoms with Gasteiger partial charge in [0.05, 0.1) is 6.54 Å². The van der Waals surface area contributed by atoms with Crippen LogP contribution in [0.2, 0.25) is 0 Å². The first-order valence-corrected chi connectivity index (χ1v) is 8.76. The quantitative estimate of drug-likeness (QED) is 0.803. The molecule has 1 fully saturated rings. The minimum atomic E-state index is 0.656. The minimum Gasteiger partial charge on any atom is -0.339 e. The molecule has 3 rings (SSSR count). The predicted molar refractivity (Wildman–Crippen MR) is 91.6 cm³/mol. The lowest BCUT2D eigenvalue weighted by Gasteiger charge is -2.20. The van der Waals surface area contributed by atoms with Crippen molar-refractivity contribution in [3.8, 4) is 0 Å². The molecule has 0 amide bonds. The summed E-state index contributed by atoms with van der Waals surface area (Å²) >= 11 is 0. The third-order valence-electron chi connectivity index (χ3n) is 4.24. The molecule has 0 aliphatic carbocycles. The molecule has 0 spiro atoms. The Balaban J connectivity index is 1.51. The van der Waals surface area contributed by atoms with Crippen molar-refractivity contribution < 1.29 is 4.52 Å². The van der Waals surface area contributed by atoms with Crippen LogP contribution in [0.25, 0.3) is 0 Å². The molecule has 1 aliphatic heterocycles. The lowest BCUT2D eigenvalue weighted by Crippen LogP contribution is -2.31. The fourth-order valence-corrected chi connectivity index (χ4v) is 2.85. The summed E-state index contributed by atoms with van der Waals surface area (Å²) in [5.41, 5.74) is 0. The van der Waals surface area contributed by atoms with Crippen LogP contribution in [-0.4, -0.2) is 51.2 Å². The lowest BCUT2D eigenvalue weighted by molar-refractivity contribution is 0.239. The Morgan fingerprint density at radius 1 is 1.12 bits per heavy atom. The highest BCUT2D eigenvalue weighted by Crippen LogP contribution is 2.13. The summed E-state index contributed by atoms with van der Waals surface area (Å²) in [6.45, 7) is 9.00. The van der Waals surface area contributed by atoms with E-state index in [4.69, 9.17) is 4.52 Å². The van der Waals surface area contributed by atoms with Gasteiger partial charge in [-0.2, -0.15) is 4.98 Å². The normalized spacial score (nSPS) is 16.5. The van der Waals surface area contributed by atoms with E-state index in [0.717, 1.165) is 69.6 Å². The summed E-state index contributed by atoms with van der Waals surface area (Å²) < 4.78 is 5.41. The Morgan fingerprint density at radius 3 is 2.75 bits per heavy atom. The van der Waals surface area contributed by atoms with Gasteiger partial charge in [0.25, 0.3) is 0 Å². The molecule has 0 unspecified atom stereocenters. The van der Waals surface area contributed by atoms with Crippen molar-refractivity contribution >= 4 is 5.95 Å². The molecular formula is C17H26N6O. The molecule has 2 aromatic rings. The number of aromatic nitrogens is 4. The van der Waals surface area contributed by atoms with Crippen LogP contribution in [-0.2, 0) is 13.0 Å². The monoisotopic (exact) mass is 330 g/mol. The summed E-state index contributed by atoms with van der Waals surface area (Å²) in [4.78, 5) is 17.8. The zero-order valence-electron chi connectivity index (χ0n) is 14.6. The molecule has 0 saturated carbocycles. The van der Waals surface area contributed by atoms with Crippen LogP contribution in [0.5, 0.6) is 0 Å². The Labute approximate surface area is 143 Å². The SMILES string of the molecule is CC(C)CCc1noc(CN2CCCN(c3ncccn3)CC2)n1. The average molecular weight is 330 g/mol. The fraction of sp³-hybridized carbons (Fsp3) is 0.647. The van der Waals surface area contributed by atoms with Gasteiger partial charge in [0.2, 0.25) is 11.8 Å². The highest BCUT2D eigenvalue weighted by molar-refractivity contribution is 5.28. The molecule has 0 atom stereocenters. The Morgan fingerprint density at radius 2 is 1.96 bits per heavy atom. The molecule has 3 heterocycles. The van der Waals surface area contributed by atoms with Crippen LogP contribution < -0.4 is 4.90 Å². The van der Waals surface area contributed by atoms with E-state index in [2.05, 4.69) is 43.8 Å². The van der Waals surface area contributed by atoms with E-state index in [1.165, 1.54) is 0 Å². The van der Waals surface area contributed by atoms with Crippen molar-refractivity contribution in [2.75, 3.05) is 31.1 Å². The zero-order chi connectivity index (χ0) is 16.8. The second-order valence-corrected chi connectivity index (χ2v) is 6.70. The topological polar surface area (TPSA) is 71.2 Å². The van der Waals surface area contributed by atoms with Gasteiger partial charge in [-0.15, -0.1) is 0 Å². The van der Waals surface area contributed by atoms with Gasteiger partial charge in [0.15, 0.2) is 5.82 Å². The van der Waals surface area contributed by atoms with Crippen molar-refractivity contribution in [1.82, 2.24) is 25.0 Å². The van der Waals surface area contributed by atoms with Crippen LogP contribution in [0.4, 0.5) is 5.95 Å². The van der Waals surface area contributed by atoms with Gasteiger partial charge in [0, 0.05) is 45.0 Å². The molecular weight excluding hydrogens is 304 g/mol. The molecule has 2 aromatic heterocycles. The summed E-state index contributed by atoms with van der Waals surface area (Å²) in [5.74, 6) is 3.02. The number of nitrogens with zero attached hydrogens (tertiary/aromatic N) is 6. The molecule has 1 saturated heterocycles. The van der Waals surface area contributed by atoms with Gasteiger partial charge in [-0.25, -0.2) is 9.97 Å². The van der Waals surface area contributed by atoms with Gasteiger partial charge in [-0.3, -0.25) is 4.90 Å². The highest BCUT2D eigenvalue weighted by atomic mass is 16.5. The van der Waals surface area contributed by atoms with Gasteiger partial charge in [-0.05, 0) is 24.8 Å². The first-order chi connectivity index (χ1) is 11.7. The third-order valence-corrected chi connectivity index (χ3v) is 4.24. The minimum absolute atomic E-state index is 0.656. The Bertz CT molecular complexity index is 615. The molecule has 0 radical (unpaired) electrons. The molecule has 7 nitrogen and oxygen atoms in total. The van der Waals surface area contributed by atoms with Crippen molar-refractivity contribution in [3.63, 3.8) is 0 Å². The van der Waals surface area contributed by atoms with E-state index in [9.17, 15) is 0 Å². The first-order valence-electron chi connectivity index (χ1n) is 8.76. The highest BCUT2D eigenvalue weighted by Gasteiger charge is 2.18. The molecule has 1 aliphatic rings.